The maximum atomic E-state index is 12.1. The Morgan fingerprint density at radius 1 is 1.29 bits per heavy atom. The number of nitrogens with zero attached hydrogens (tertiary/aromatic N) is 2. The predicted molar refractivity (Wildman–Crippen MR) is 114 cm³/mol. The van der Waals surface area contributed by atoms with Gasteiger partial charge >= 0.3 is 0 Å². The highest BCUT2D eigenvalue weighted by atomic mass is 16.5. The third-order valence-corrected chi connectivity index (χ3v) is 5.25. The lowest BCUT2D eigenvalue weighted by molar-refractivity contribution is -0.126. The Bertz CT molecular complexity index is 1260. The average Bonchev–Trinajstić information content (AvgIpc) is 3.17. The van der Waals surface area contributed by atoms with Gasteiger partial charge < -0.3 is 20.9 Å². The van der Waals surface area contributed by atoms with Crippen molar-refractivity contribution in [1.29, 1.82) is 0 Å². The number of carbonyl (C=O) groups is 2. The van der Waals surface area contributed by atoms with Crippen molar-refractivity contribution in [3.8, 4) is 29.0 Å². The first-order valence-corrected chi connectivity index (χ1v) is 9.64. The summed E-state index contributed by atoms with van der Waals surface area (Å²) in [7, 11) is 1.55. The van der Waals surface area contributed by atoms with Crippen LogP contribution >= 0.6 is 0 Å². The zero-order valence-electron chi connectivity index (χ0n) is 16.8. The van der Waals surface area contributed by atoms with Crippen molar-refractivity contribution >= 4 is 22.7 Å². The Kier molecular flexibility index (Phi) is 5.28. The molecule has 0 spiro atoms. The second-order valence-electron chi connectivity index (χ2n) is 7.22. The minimum absolute atomic E-state index is 0.112. The molecule has 1 atom stereocenters. The topological polar surface area (TPSA) is 127 Å². The number of hydrogen-bond donors (Lipinski definition) is 3. The molecule has 0 aliphatic carbocycles. The summed E-state index contributed by atoms with van der Waals surface area (Å²) in [5, 5.41) is 12.9. The number of benzene rings is 2. The number of fused-ring (bicyclic) bond motifs is 1. The summed E-state index contributed by atoms with van der Waals surface area (Å²) in [6.07, 6.45) is 0.451. The van der Waals surface area contributed by atoms with Crippen LogP contribution in [0.3, 0.4) is 0 Å². The first-order chi connectivity index (χ1) is 15.0. The molecule has 8 heteroatoms. The van der Waals surface area contributed by atoms with Gasteiger partial charge in [-0.1, -0.05) is 24.0 Å². The van der Waals surface area contributed by atoms with Crippen molar-refractivity contribution < 1.29 is 19.4 Å². The second kappa shape index (κ2) is 8.05. The van der Waals surface area contributed by atoms with Crippen LogP contribution in [0.25, 0.3) is 22.3 Å². The fourth-order valence-electron chi connectivity index (χ4n) is 3.46. The first-order valence-electron chi connectivity index (χ1n) is 9.64. The molecule has 31 heavy (non-hydrogen) atoms. The Balaban J connectivity index is 1.78. The second-order valence-corrected chi connectivity index (χ2v) is 7.22. The number of amides is 2. The van der Waals surface area contributed by atoms with E-state index in [0.717, 1.165) is 0 Å². The lowest BCUT2D eigenvalue weighted by atomic mass is 9.88. The van der Waals surface area contributed by atoms with Crippen LogP contribution in [-0.4, -0.2) is 47.2 Å². The third-order valence-electron chi connectivity index (χ3n) is 5.25. The Morgan fingerprint density at radius 3 is 2.81 bits per heavy atom. The average molecular weight is 416 g/mol. The van der Waals surface area contributed by atoms with Crippen LogP contribution in [0.1, 0.15) is 22.5 Å². The van der Waals surface area contributed by atoms with Gasteiger partial charge in [-0.2, -0.15) is 0 Å². The standard InChI is InChI=1S/C23H20N4O4/c1-31-16-5-6-17-18(12-16)26-21(27-19(17)20(24)29)15-4-2-3-14(11-15)7-8-23(13-28)9-10-25-22(23)30/h2-6,11-12,28H,9-10,13H2,1H3,(H2,24,29)(H,25,30)/t23-/m0/s1. The van der Waals surface area contributed by atoms with Crippen LogP contribution in [0.15, 0.2) is 42.5 Å². The van der Waals surface area contributed by atoms with E-state index in [-0.39, 0.29) is 18.2 Å². The van der Waals surface area contributed by atoms with E-state index in [0.29, 0.717) is 46.6 Å². The van der Waals surface area contributed by atoms with Crippen LogP contribution in [0, 0.1) is 17.3 Å². The van der Waals surface area contributed by atoms with Gasteiger partial charge in [0.2, 0.25) is 5.91 Å². The van der Waals surface area contributed by atoms with E-state index >= 15 is 0 Å². The molecule has 0 bridgehead atoms. The molecule has 156 valence electrons. The number of rotatable bonds is 4. The highest BCUT2D eigenvalue weighted by Crippen LogP contribution is 2.27. The first kappa shape index (κ1) is 20.3. The van der Waals surface area contributed by atoms with Crippen LogP contribution < -0.4 is 15.8 Å². The van der Waals surface area contributed by atoms with Crippen molar-refractivity contribution in [3.05, 3.63) is 53.7 Å². The molecule has 2 aromatic carbocycles. The van der Waals surface area contributed by atoms with Crippen LogP contribution in [0.2, 0.25) is 0 Å². The molecular formula is C23H20N4O4. The highest BCUT2D eigenvalue weighted by molar-refractivity contribution is 6.04. The van der Waals surface area contributed by atoms with E-state index in [9.17, 15) is 14.7 Å². The molecule has 1 aliphatic rings. The zero-order chi connectivity index (χ0) is 22.0. The highest BCUT2D eigenvalue weighted by Gasteiger charge is 2.40. The summed E-state index contributed by atoms with van der Waals surface area (Å²) in [6, 6.07) is 12.2. The molecular weight excluding hydrogens is 396 g/mol. The fraction of sp³-hybridized carbons (Fsp3) is 0.217. The monoisotopic (exact) mass is 416 g/mol. The minimum Gasteiger partial charge on any atom is -0.497 e. The van der Waals surface area contributed by atoms with E-state index < -0.39 is 11.3 Å². The molecule has 1 aliphatic heterocycles. The zero-order valence-corrected chi connectivity index (χ0v) is 16.8. The molecule has 2 heterocycles. The van der Waals surface area contributed by atoms with E-state index in [1.165, 1.54) is 0 Å². The van der Waals surface area contributed by atoms with Crippen LogP contribution in [0.5, 0.6) is 5.75 Å². The third kappa shape index (κ3) is 3.79. The Labute approximate surface area is 178 Å². The molecule has 2 amide bonds. The normalized spacial score (nSPS) is 17.7. The number of hydrogen-bond acceptors (Lipinski definition) is 6. The van der Waals surface area contributed by atoms with Gasteiger partial charge in [-0.25, -0.2) is 9.97 Å². The summed E-state index contributed by atoms with van der Waals surface area (Å²) in [4.78, 5) is 33.0. The molecule has 4 N–H and O–H groups in total. The summed E-state index contributed by atoms with van der Waals surface area (Å²) in [5.41, 5.74) is 6.35. The number of ether oxygens (including phenoxy) is 1. The Morgan fingerprint density at radius 2 is 2.13 bits per heavy atom. The van der Waals surface area contributed by atoms with E-state index in [2.05, 4.69) is 27.1 Å². The maximum absolute atomic E-state index is 12.1. The molecule has 3 aromatic rings. The SMILES string of the molecule is COc1ccc2c(C(N)=O)nc(-c3cccc(C#C[C@@]4(CO)CCNC4=O)c3)nc2c1. The minimum atomic E-state index is -1.09. The number of carbonyl (C=O) groups excluding carboxylic acids is 2. The largest absolute Gasteiger partial charge is 0.497 e. The van der Waals surface area contributed by atoms with E-state index in [1.54, 1.807) is 49.6 Å². The summed E-state index contributed by atoms with van der Waals surface area (Å²) in [6.45, 7) is 0.140. The Hall–Kier alpha value is -3.96. The van der Waals surface area contributed by atoms with Gasteiger partial charge in [0.1, 0.15) is 16.9 Å². The van der Waals surface area contributed by atoms with E-state index in [4.69, 9.17) is 10.5 Å². The quantitative estimate of drug-likeness (QED) is 0.550. The molecule has 0 unspecified atom stereocenters. The van der Waals surface area contributed by atoms with Crippen LogP contribution in [0.4, 0.5) is 0 Å². The van der Waals surface area contributed by atoms with Crippen molar-refractivity contribution in [2.45, 2.75) is 6.42 Å². The predicted octanol–water partition coefficient (Wildman–Crippen LogP) is 1.25. The molecule has 1 aromatic heterocycles. The van der Waals surface area contributed by atoms with Gasteiger partial charge in [-0.15, -0.1) is 0 Å². The van der Waals surface area contributed by atoms with Crippen molar-refractivity contribution in [1.82, 2.24) is 15.3 Å². The summed E-state index contributed by atoms with van der Waals surface area (Å²) >= 11 is 0. The van der Waals surface area contributed by atoms with Crippen molar-refractivity contribution in [3.63, 3.8) is 0 Å². The van der Waals surface area contributed by atoms with Crippen molar-refractivity contribution in [2.24, 2.45) is 11.1 Å². The van der Waals surface area contributed by atoms with Gasteiger partial charge in [0.05, 0.1) is 19.2 Å². The van der Waals surface area contributed by atoms with Crippen LogP contribution in [-0.2, 0) is 4.79 Å². The number of nitrogens with one attached hydrogen (secondary N) is 1. The summed E-state index contributed by atoms with van der Waals surface area (Å²) < 4.78 is 5.25. The molecule has 0 saturated carbocycles. The number of aromatic nitrogens is 2. The number of methoxy groups -OCH3 is 1. The lowest BCUT2D eigenvalue weighted by Gasteiger charge is -2.15. The van der Waals surface area contributed by atoms with Gasteiger partial charge in [-0.3, -0.25) is 9.59 Å². The smallest absolute Gasteiger partial charge is 0.268 e. The number of aliphatic hydroxyl groups excluding tert-OH is 1. The molecule has 0 radical (unpaired) electrons. The van der Waals surface area contributed by atoms with Gasteiger partial charge in [0, 0.05) is 29.1 Å². The number of aliphatic hydroxyl groups is 1. The molecule has 4 rings (SSSR count). The number of nitrogens with two attached hydrogens (primary N) is 1. The van der Waals surface area contributed by atoms with E-state index in [1.807, 2.05) is 0 Å². The molecule has 1 saturated heterocycles. The molecule has 1 fully saturated rings. The maximum Gasteiger partial charge on any atom is 0.268 e. The van der Waals surface area contributed by atoms with Gasteiger partial charge in [0.25, 0.3) is 5.91 Å². The summed E-state index contributed by atoms with van der Waals surface area (Å²) in [5.74, 6) is 5.87. The fourth-order valence-corrected chi connectivity index (χ4v) is 3.46. The number of primary amides is 1. The van der Waals surface area contributed by atoms with Gasteiger partial charge in [-0.05, 0) is 30.7 Å². The lowest BCUT2D eigenvalue weighted by Crippen LogP contribution is -2.33. The molecule has 8 nitrogen and oxygen atoms in total. The van der Waals surface area contributed by atoms with Gasteiger partial charge in [0.15, 0.2) is 5.82 Å². The van der Waals surface area contributed by atoms with Crippen molar-refractivity contribution in [2.75, 3.05) is 20.3 Å².